The smallest absolute Gasteiger partial charge is 0.223 e. The largest absolute Gasteiger partial charge is 0.356 e. The van der Waals surface area contributed by atoms with Crippen molar-refractivity contribution in [2.24, 2.45) is 11.8 Å². The van der Waals surface area contributed by atoms with Gasteiger partial charge in [-0.3, -0.25) is 4.79 Å². The highest BCUT2D eigenvalue weighted by Gasteiger charge is 2.31. The summed E-state index contributed by atoms with van der Waals surface area (Å²) >= 11 is 0. The Morgan fingerprint density at radius 3 is 2.52 bits per heavy atom. The molecule has 7 heteroatoms. The Bertz CT molecular complexity index is 782. The van der Waals surface area contributed by atoms with Crippen LogP contribution in [0.25, 0.3) is 0 Å². The third-order valence-electron chi connectivity index (χ3n) is 6.04. The number of benzene rings is 1. The summed E-state index contributed by atoms with van der Waals surface area (Å²) in [4.78, 5) is 15.0. The van der Waals surface area contributed by atoms with Crippen molar-refractivity contribution in [3.05, 3.63) is 35.4 Å². The van der Waals surface area contributed by atoms with Crippen LogP contribution in [-0.2, 0) is 20.6 Å². The van der Waals surface area contributed by atoms with Crippen LogP contribution in [0, 0.1) is 18.8 Å². The molecule has 1 unspecified atom stereocenters. The molecule has 1 aromatic rings. The molecule has 0 bridgehead atoms. The van der Waals surface area contributed by atoms with Crippen LogP contribution in [-0.4, -0.2) is 62.8 Å². The lowest BCUT2D eigenvalue weighted by Crippen LogP contribution is -2.44. The van der Waals surface area contributed by atoms with E-state index in [0.29, 0.717) is 38.4 Å². The average Bonchev–Trinajstić information content (AvgIpc) is 3.19. The maximum Gasteiger partial charge on any atom is 0.223 e. The van der Waals surface area contributed by atoms with E-state index in [1.807, 2.05) is 31.2 Å². The second-order valence-electron chi connectivity index (χ2n) is 8.78. The monoisotopic (exact) mass is 421 g/mol. The van der Waals surface area contributed by atoms with Crippen LogP contribution < -0.4 is 5.32 Å². The second-order valence-corrected chi connectivity index (χ2v) is 10.7. The normalized spacial score (nSPS) is 20.6. The fourth-order valence-electron chi connectivity index (χ4n) is 4.39. The van der Waals surface area contributed by atoms with Gasteiger partial charge >= 0.3 is 0 Å². The molecule has 2 heterocycles. The van der Waals surface area contributed by atoms with Crippen LogP contribution in [0.2, 0.25) is 0 Å². The van der Waals surface area contributed by atoms with Gasteiger partial charge in [-0.05, 0) is 57.2 Å². The molecule has 6 nitrogen and oxygen atoms in total. The van der Waals surface area contributed by atoms with Crippen molar-refractivity contribution in [3.63, 3.8) is 0 Å². The van der Waals surface area contributed by atoms with Crippen molar-refractivity contribution in [1.82, 2.24) is 14.5 Å². The van der Waals surface area contributed by atoms with Gasteiger partial charge in [0, 0.05) is 32.1 Å². The maximum absolute atomic E-state index is 12.7. The van der Waals surface area contributed by atoms with Crippen molar-refractivity contribution in [2.75, 3.05) is 39.3 Å². The minimum absolute atomic E-state index is 0.0273. The number of nitrogens with zero attached hydrogens (tertiary/aromatic N) is 2. The van der Waals surface area contributed by atoms with E-state index in [9.17, 15) is 13.2 Å². The Balaban J connectivity index is 1.42. The molecular formula is C22H35N3O3S. The standard InChI is InChI=1S/C22H35N3O3S/c1-18-6-5-7-20(14-18)17-29(27,28)25-12-8-21(9-13-25)22(26)23-15-19(2)16-24-10-3-4-11-24/h5-7,14,19,21H,3-4,8-13,15-17H2,1-2H3,(H,23,26). The molecule has 2 aliphatic heterocycles. The van der Waals surface area contributed by atoms with Crippen molar-refractivity contribution in [2.45, 2.75) is 45.3 Å². The molecule has 0 aromatic heterocycles. The molecule has 2 saturated heterocycles. The van der Waals surface area contributed by atoms with Gasteiger partial charge in [-0.25, -0.2) is 12.7 Å². The summed E-state index contributed by atoms with van der Waals surface area (Å²) in [7, 11) is -3.35. The highest BCUT2D eigenvalue weighted by atomic mass is 32.2. The number of sulfonamides is 1. The summed E-state index contributed by atoms with van der Waals surface area (Å²) in [5, 5.41) is 3.09. The lowest BCUT2D eigenvalue weighted by Gasteiger charge is -2.31. The Morgan fingerprint density at radius 1 is 1.17 bits per heavy atom. The highest BCUT2D eigenvalue weighted by Crippen LogP contribution is 2.22. The van der Waals surface area contributed by atoms with Gasteiger partial charge in [0.2, 0.25) is 15.9 Å². The quantitative estimate of drug-likeness (QED) is 0.700. The van der Waals surface area contributed by atoms with Crippen LogP contribution in [0.1, 0.15) is 43.7 Å². The summed E-state index contributed by atoms with van der Waals surface area (Å²) in [5.74, 6) is 0.458. The van der Waals surface area contributed by atoms with Gasteiger partial charge in [0.05, 0.1) is 5.75 Å². The van der Waals surface area contributed by atoms with Gasteiger partial charge in [0.15, 0.2) is 0 Å². The summed E-state index contributed by atoms with van der Waals surface area (Å²) in [6.07, 6.45) is 3.76. The van der Waals surface area contributed by atoms with E-state index in [1.54, 1.807) is 4.31 Å². The first kappa shape index (κ1) is 22.2. The number of piperidine rings is 1. The Morgan fingerprint density at radius 2 is 1.86 bits per heavy atom. The molecule has 2 aliphatic rings. The number of likely N-dealkylation sites (tertiary alicyclic amines) is 1. The zero-order chi connectivity index (χ0) is 20.9. The van der Waals surface area contributed by atoms with Gasteiger partial charge in [-0.1, -0.05) is 36.8 Å². The van der Waals surface area contributed by atoms with E-state index in [0.717, 1.165) is 17.7 Å². The molecule has 1 atom stereocenters. The van der Waals surface area contributed by atoms with Gasteiger partial charge in [0.25, 0.3) is 0 Å². The number of hydrogen-bond acceptors (Lipinski definition) is 4. The molecule has 1 N–H and O–H groups in total. The number of carbonyl (C=O) groups excluding carboxylic acids is 1. The van der Waals surface area contributed by atoms with Crippen LogP contribution in [0.15, 0.2) is 24.3 Å². The molecule has 1 aromatic carbocycles. The molecule has 0 aliphatic carbocycles. The molecule has 162 valence electrons. The minimum atomic E-state index is -3.35. The number of amides is 1. The van der Waals surface area contributed by atoms with Gasteiger partial charge in [0.1, 0.15) is 0 Å². The molecule has 29 heavy (non-hydrogen) atoms. The van der Waals surface area contributed by atoms with Gasteiger partial charge < -0.3 is 10.2 Å². The van der Waals surface area contributed by atoms with Crippen LogP contribution in [0.5, 0.6) is 0 Å². The van der Waals surface area contributed by atoms with E-state index in [1.165, 1.54) is 25.9 Å². The van der Waals surface area contributed by atoms with Crippen LogP contribution in [0.3, 0.4) is 0 Å². The van der Waals surface area contributed by atoms with Crippen molar-refractivity contribution in [1.29, 1.82) is 0 Å². The second kappa shape index (κ2) is 10.0. The number of aryl methyl sites for hydroxylation is 1. The molecule has 3 rings (SSSR count). The number of hydrogen-bond donors (Lipinski definition) is 1. The lowest BCUT2D eigenvalue weighted by atomic mass is 9.97. The summed E-state index contributed by atoms with van der Waals surface area (Å²) < 4.78 is 27.0. The number of rotatable bonds is 8. The average molecular weight is 422 g/mol. The first-order valence-corrected chi connectivity index (χ1v) is 12.5. The Labute approximate surface area is 175 Å². The molecular weight excluding hydrogens is 386 g/mol. The topological polar surface area (TPSA) is 69.7 Å². The summed E-state index contributed by atoms with van der Waals surface area (Å²) in [5.41, 5.74) is 1.88. The Hall–Kier alpha value is -1.44. The van der Waals surface area contributed by atoms with Crippen LogP contribution >= 0.6 is 0 Å². The predicted molar refractivity (Wildman–Crippen MR) is 116 cm³/mol. The third kappa shape index (κ3) is 6.52. The molecule has 0 radical (unpaired) electrons. The van der Waals surface area contributed by atoms with Crippen molar-refractivity contribution in [3.8, 4) is 0 Å². The number of nitrogens with one attached hydrogen (secondary N) is 1. The fraction of sp³-hybridized carbons (Fsp3) is 0.682. The van der Waals surface area contributed by atoms with Crippen molar-refractivity contribution >= 4 is 15.9 Å². The van der Waals surface area contributed by atoms with E-state index >= 15 is 0 Å². The Kier molecular flexibility index (Phi) is 7.71. The molecule has 1 amide bonds. The zero-order valence-corrected chi connectivity index (χ0v) is 18.6. The molecule has 0 saturated carbocycles. The van der Waals surface area contributed by atoms with E-state index in [-0.39, 0.29) is 17.6 Å². The van der Waals surface area contributed by atoms with Crippen molar-refractivity contribution < 1.29 is 13.2 Å². The SMILES string of the molecule is Cc1cccc(CS(=O)(=O)N2CCC(C(=O)NCC(C)CN3CCCC3)CC2)c1. The fourth-order valence-corrected chi connectivity index (χ4v) is 5.94. The van der Waals surface area contributed by atoms with E-state index in [4.69, 9.17) is 0 Å². The summed E-state index contributed by atoms with van der Waals surface area (Å²) in [6, 6.07) is 7.63. The van der Waals surface area contributed by atoms with Gasteiger partial charge in [-0.2, -0.15) is 0 Å². The van der Waals surface area contributed by atoms with Gasteiger partial charge in [-0.15, -0.1) is 0 Å². The molecule has 2 fully saturated rings. The number of carbonyl (C=O) groups is 1. The minimum Gasteiger partial charge on any atom is -0.356 e. The molecule has 0 spiro atoms. The highest BCUT2D eigenvalue weighted by molar-refractivity contribution is 7.88. The zero-order valence-electron chi connectivity index (χ0n) is 17.8. The first-order chi connectivity index (χ1) is 13.8. The maximum atomic E-state index is 12.7. The predicted octanol–water partition coefficient (Wildman–Crippen LogP) is 2.38. The van der Waals surface area contributed by atoms with Crippen LogP contribution in [0.4, 0.5) is 0 Å². The summed E-state index contributed by atoms with van der Waals surface area (Å²) in [6.45, 7) is 9.08. The van der Waals surface area contributed by atoms with E-state index < -0.39 is 10.0 Å². The van der Waals surface area contributed by atoms with E-state index in [2.05, 4.69) is 17.1 Å². The third-order valence-corrected chi connectivity index (χ3v) is 7.89. The lowest BCUT2D eigenvalue weighted by molar-refractivity contribution is -0.126. The first-order valence-electron chi connectivity index (χ1n) is 10.9.